The van der Waals surface area contributed by atoms with E-state index in [9.17, 15) is 54.3 Å². The van der Waals surface area contributed by atoms with E-state index in [0.717, 1.165) is 102 Å². The summed E-state index contributed by atoms with van der Waals surface area (Å²) < 4.78 is 0. The number of carbonyl (C=O) groups excluding carboxylic acids is 5. The molecular weight excluding hydrogens is 971 g/mol. The normalized spacial score (nSPS) is 14.0. The van der Waals surface area contributed by atoms with Crippen molar-refractivity contribution >= 4 is 47.0 Å². The average molecular weight is 1080 g/mol. The largest absolute Gasteiger partial charge is 0.479 e. The number of hydrogen-bond donors (Lipinski definition) is 7. The van der Waals surface area contributed by atoms with Crippen LogP contribution in [0, 0.1) is 0 Å². The number of ketones is 2. The fraction of sp³-hybridized carbons (Fsp3) is 0.900. The molecule has 0 aliphatic carbocycles. The third-order valence-electron chi connectivity index (χ3n) is 14.8. The van der Waals surface area contributed by atoms with Gasteiger partial charge >= 0.3 is 5.97 Å². The van der Waals surface area contributed by atoms with Gasteiger partial charge in [-0.1, -0.05) is 252 Å². The number of nitrogens with one attached hydrogen (secondary N) is 1. The van der Waals surface area contributed by atoms with Crippen molar-refractivity contribution in [1.29, 1.82) is 0 Å². The topological polar surface area (TPSA) is 245 Å². The highest BCUT2D eigenvalue weighted by Crippen LogP contribution is 2.31. The van der Waals surface area contributed by atoms with Crippen molar-refractivity contribution in [3.8, 4) is 0 Å². The number of nitrogens with zero attached hydrogens (tertiary/aromatic N) is 1. The van der Waals surface area contributed by atoms with Crippen LogP contribution in [0.1, 0.15) is 290 Å². The third-order valence-corrected chi connectivity index (χ3v) is 16.0. The van der Waals surface area contributed by atoms with E-state index < -0.39 is 84.7 Å². The van der Waals surface area contributed by atoms with E-state index in [-0.39, 0.29) is 42.1 Å². The minimum Gasteiger partial charge on any atom is -0.479 e. The van der Waals surface area contributed by atoms with Crippen LogP contribution in [0.4, 0.5) is 0 Å². The molecule has 2 unspecified atom stereocenters. The predicted octanol–water partition coefficient (Wildman–Crippen LogP) is 12.0. The van der Waals surface area contributed by atoms with Crippen molar-refractivity contribution in [3.05, 3.63) is 0 Å². The highest BCUT2D eigenvalue weighted by atomic mass is 32.2. The van der Waals surface area contributed by atoms with Gasteiger partial charge < -0.3 is 36.6 Å². The van der Waals surface area contributed by atoms with Gasteiger partial charge in [0.1, 0.15) is 6.04 Å². The molecule has 440 valence electrons. The Bertz CT molecular complexity index is 1460. The zero-order valence-corrected chi connectivity index (χ0v) is 48.8. The molecule has 5 atom stereocenters. The van der Waals surface area contributed by atoms with E-state index in [4.69, 9.17) is 5.73 Å². The van der Waals surface area contributed by atoms with Crippen LogP contribution in [0.3, 0.4) is 0 Å². The van der Waals surface area contributed by atoms with E-state index in [1.54, 1.807) is 0 Å². The number of amides is 3. The van der Waals surface area contributed by atoms with Gasteiger partial charge in [0, 0.05) is 30.8 Å². The monoisotopic (exact) mass is 1080 g/mol. The Kier molecular flexibility index (Phi) is 48.2. The molecule has 0 aromatic rings. The fourth-order valence-corrected chi connectivity index (χ4v) is 10.8. The van der Waals surface area contributed by atoms with Gasteiger partial charge in [0.05, 0.1) is 25.4 Å². The van der Waals surface area contributed by atoms with Crippen molar-refractivity contribution in [2.75, 3.05) is 24.7 Å². The number of aliphatic hydroxyl groups is 4. The van der Waals surface area contributed by atoms with Gasteiger partial charge in [-0.05, 0) is 19.3 Å². The summed E-state index contributed by atoms with van der Waals surface area (Å²) in [6.45, 7) is 5.00. The van der Waals surface area contributed by atoms with Crippen molar-refractivity contribution in [2.45, 2.75) is 320 Å². The lowest BCUT2D eigenvalue weighted by Gasteiger charge is -2.41. The number of thioether (sulfide) groups is 1. The number of Topliss-reactive ketones (excluding diaryl/α,β-unsaturated/α-hetero) is 2. The van der Waals surface area contributed by atoms with Crippen LogP contribution in [0.25, 0.3) is 0 Å². The van der Waals surface area contributed by atoms with Crippen molar-refractivity contribution in [2.24, 2.45) is 5.73 Å². The first-order valence-electron chi connectivity index (χ1n) is 30.7. The number of imide groups is 1. The molecule has 0 spiro atoms. The van der Waals surface area contributed by atoms with Gasteiger partial charge in [0.15, 0.2) is 17.7 Å². The summed E-state index contributed by atoms with van der Waals surface area (Å²) in [4.78, 5) is 85.8. The van der Waals surface area contributed by atoms with Crippen LogP contribution >= 0.6 is 11.8 Å². The maximum Gasteiger partial charge on any atom is 0.341 e. The summed E-state index contributed by atoms with van der Waals surface area (Å²) in [5, 5.41) is 55.2. The molecule has 0 heterocycles. The number of hydrogen-bond acceptors (Lipinski definition) is 12. The number of nitrogens with two attached hydrogens (primary N) is 1. The van der Waals surface area contributed by atoms with E-state index in [1.807, 2.05) is 0 Å². The van der Waals surface area contributed by atoms with Gasteiger partial charge in [0.25, 0.3) is 5.91 Å². The molecule has 0 saturated carbocycles. The van der Waals surface area contributed by atoms with Crippen LogP contribution < -0.4 is 11.1 Å². The molecule has 15 heteroatoms. The van der Waals surface area contributed by atoms with Crippen molar-refractivity contribution < 1.29 is 54.3 Å². The standard InChI is InChI=1S/C60H113N3O11S/c1-4-7-10-13-16-19-22-25-28-31-34-37-40-43-53(67)56(70)60(59(73)74,54(68)44-41-38-35-32-29-26-23-20-17-14-11-8-5-2)63(55(69)45-42-39-36-33-30-27-24-21-18-15-12-9-6-3)58(72)52(47-65)62-57(71)51(61)49-75-48-50(66)46-64/h50-52,56,64-66,70H,4-49,61H2,1-3H3,(H,62,71)(H,73,74)/t50?,51-,52-,56?,60-/m0/s1. The van der Waals surface area contributed by atoms with Gasteiger partial charge in [-0.15, -0.1) is 0 Å². The van der Waals surface area contributed by atoms with E-state index in [0.29, 0.717) is 25.7 Å². The number of carbonyl (C=O) groups is 6. The first-order valence-corrected chi connectivity index (χ1v) is 31.8. The molecule has 0 aromatic carbocycles. The van der Waals surface area contributed by atoms with Crippen LogP contribution in [0.2, 0.25) is 0 Å². The van der Waals surface area contributed by atoms with Gasteiger partial charge in [-0.3, -0.25) is 28.9 Å². The Morgan fingerprint density at radius 1 is 0.480 bits per heavy atom. The van der Waals surface area contributed by atoms with Crippen LogP contribution in [-0.4, -0.2) is 120 Å². The highest BCUT2D eigenvalue weighted by Gasteiger charge is 2.62. The van der Waals surface area contributed by atoms with Crippen LogP contribution in [0.5, 0.6) is 0 Å². The summed E-state index contributed by atoms with van der Waals surface area (Å²) in [6.07, 6.45) is 35.2. The van der Waals surface area contributed by atoms with Gasteiger partial charge in [-0.25, -0.2) is 4.79 Å². The molecule has 0 aliphatic heterocycles. The fourth-order valence-electron chi connectivity index (χ4n) is 9.89. The minimum absolute atomic E-state index is 0.0506. The molecule has 75 heavy (non-hydrogen) atoms. The molecule has 14 nitrogen and oxygen atoms in total. The minimum atomic E-state index is -3.37. The van der Waals surface area contributed by atoms with Gasteiger partial charge in [0.2, 0.25) is 17.4 Å². The summed E-state index contributed by atoms with van der Waals surface area (Å²) in [5.41, 5.74) is 2.73. The number of carboxylic acid groups (broad SMARTS) is 1. The second-order valence-electron chi connectivity index (χ2n) is 21.6. The number of aliphatic carboxylic acids is 1. The molecule has 8 N–H and O–H groups in total. The molecule has 0 radical (unpaired) electrons. The zero-order valence-electron chi connectivity index (χ0n) is 48.0. The number of carboxylic acids is 1. The molecule has 0 saturated heterocycles. The van der Waals surface area contributed by atoms with E-state index in [1.165, 1.54) is 122 Å². The van der Waals surface area contributed by atoms with Gasteiger partial charge in [-0.2, -0.15) is 11.8 Å². The van der Waals surface area contributed by atoms with E-state index in [2.05, 4.69) is 26.1 Å². The molecular formula is C60H113N3O11S. The Morgan fingerprint density at radius 2 is 0.813 bits per heavy atom. The predicted molar refractivity (Wildman–Crippen MR) is 307 cm³/mol. The first-order chi connectivity index (χ1) is 36.3. The lowest BCUT2D eigenvalue weighted by atomic mass is 9.79. The zero-order chi connectivity index (χ0) is 55.8. The lowest BCUT2D eigenvalue weighted by molar-refractivity contribution is -0.182. The van der Waals surface area contributed by atoms with Crippen LogP contribution in [-0.2, 0) is 28.8 Å². The Hall–Kier alpha value is -2.43. The number of aliphatic hydroxyl groups excluding tert-OH is 4. The third kappa shape index (κ3) is 34.2. The summed E-state index contributed by atoms with van der Waals surface area (Å²) in [6, 6.07) is -3.27. The smallest absolute Gasteiger partial charge is 0.341 e. The number of rotatable bonds is 56. The molecule has 0 fully saturated rings. The second-order valence-corrected chi connectivity index (χ2v) is 22.7. The maximum absolute atomic E-state index is 14.8. The molecule has 0 aliphatic rings. The molecule has 0 rings (SSSR count). The summed E-state index contributed by atoms with van der Waals surface area (Å²) in [5.74, 6) is -7.73. The summed E-state index contributed by atoms with van der Waals surface area (Å²) >= 11 is 1.05. The average Bonchev–Trinajstić information content (AvgIpc) is 3.40. The molecule has 3 amide bonds. The van der Waals surface area contributed by atoms with Crippen molar-refractivity contribution in [1.82, 2.24) is 10.2 Å². The summed E-state index contributed by atoms with van der Waals surface area (Å²) in [7, 11) is 0. The number of unbranched alkanes of at least 4 members (excludes halogenated alkanes) is 36. The van der Waals surface area contributed by atoms with E-state index >= 15 is 0 Å². The Morgan fingerprint density at radius 3 is 1.15 bits per heavy atom. The first kappa shape index (κ1) is 72.6. The molecule has 0 aromatic heterocycles. The highest BCUT2D eigenvalue weighted by molar-refractivity contribution is 7.99. The molecule has 0 bridgehead atoms. The van der Waals surface area contributed by atoms with Crippen molar-refractivity contribution in [3.63, 3.8) is 0 Å². The lowest BCUT2D eigenvalue weighted by Crippen LogP contribution is -2.73. The van der Waals surface area contributed by atoms with Crippen LogP contribution in [0.15, 0.2) is 0 Å². The second kappa shape index (κ2) is 49.8. The quantitative estimate of drug-likeness (QED) is 0.0222. The SMILES string of the molecule is CCCCCCCCCCCCCCCC(=O)C(O)[C@](C(=O)O)(C(=O)CCCCCCCCCCCCCCC)N(C(=O)CCCCCCCCCCCCCCC)C(=O)[C@H](CO)NC(=O)[C@@H](N)CSCC(O)CO. The Balaban J connectivity index is 6.45. The maximum atomic E-state index is 14.8. The Labute approximate surface area is 460 Å².